The zero-order valence-corrected chi connectivity index (χ0v) is 21.8. The van der Waals surface area contributed by atoms with Crippen LogP contribution in [0.3, 0.4) is 0 Å². The van der Waals surface area contributed by atoms with Crippen molar-refractivity contribution < 1.29 is 14.3 Å². The van der Waals surface area contributed by atoms with Gasteiger partial charge in [-0.25, -0.2) is 14.2 Å². The Bertz CT molecular complexity index is 1400. The number of nitrogens with zero attached hydrogens (tertiary/aromatic N) is 3. The Labute approximate surface area is 214 Å². The maximum atomic E-state index is 14.1. The van der Waals surface area contributed by atoms with Gasteiger partial charge in [0.1, 0.15) is 5.82 Å². The summed E-state index contributed by atoms with van der Waals surface area (Å²) < 4.78 is 16.3. The third kappa shape index (κ3) is 4.86. The van der Waals surface area contributed by atoms with Crippen molar-refractivity contribution in [3.8, 4) is 27.5 Å². The van der Waals surface area contributed by atoms with E-state index < -0.39 is 11.8 Å². The Kier molecular flexibility index (Phi) is 7.05. The molecule has 10 heteroatoms. The van der Waals surface area contributed by atoms with Gasteiger partial charge in [-0.15, -0.1) is 11.8 Å². The summed E-state index contributed by atoms with van der Waals surface area (Å²) in [4.78, 5) is 17.1. The van der Waals surface area contributed by atoms with Gasteiger partial charge in [0.25, 0.3) is 0 Å². The lowest BCUT2D eigenvalue weighted by Gasteiger charge is -2.05. The number of thioether (sulfide) groups is 1. The van der Waals surface area contributed by atoms with Crippen molar-refractivity contribution in [2.24, 2.45) is 0 Å². The number of benzene rings is 2. The summed E-state index contributed by atoms with van der Waals surface area (Å²) in [7, 11) is 0. The average molecular weight is 536 g/mol. The number of aryl methyl sites for hydroxylation is 2. The Balaban J connectivity index is 1.93. The SMILES string of the molecule is Cc1cc(F)cc(-c2c(C)nn(-c3nc(-c4ccc(Cl)c(Cl)c4)c(SC(C)C)s3)c2C(=O)O)c1. The second-order valence-corrected chi connectivity index (χ2v) is 11.6. The number of aromatic nitrogens is 3. The summed E-state index contributed by atoms with van der Waals surface area (Å²) in [6.45, 7) is 7.59. The minimum absolute atomic E-state index is 0.0713. The first kappa shape index (κ1) is 24.7. The lowest BCUT2D eigenvalue weighted by molar-refractivity contribution is 0.0688. The zero-order chi connectivity index (χ0) is 24.7. The van der Waals surface area contributed by atoms with Gasteiger partial charge in [0.05, 0.1) is 25.6 Å². The van der Waals surface area contributed by atoms with Crippen molar-refractivity contribution in [3.05, 3.63) is 69.2 Å². The average Bonchev–Trinajstić information content (AvgIpc) is 3.30. The highest BCUT2D eigenvalue weighted by molar-refractivity contribution is 8.01. The highest BCUT2D eigenvalue weighted by Gasteiger charge is 2.27. The quantitative estimate of drug-likeness (QED) is 0.254. The summed E-state index contributed by atoms with van der Waals surface area (Å²) in [5, 5.41) is 16.1. The molecule has 4 aromatic rings. The Morgan fingerprint density at radius 1 is 1.12 bits per heavy atom. The summed E-state index contributed by atoms with van der Waals surface area (Å²) in [5.41, 5.74) is 3.33. The Morgan fingerprint density at radius 2 is 1.85 bits per heavy atom. The van der Waals surface area contributed by atoms with Crippen LogP contribution in [-0.2, 0) is 0 Å². The predicted molar refractivity (Wildman–Crippen MR) is 138 cm³/mol. The fourth-order valence-corrected chi connectivity index (χ4v) is 6.37. The van der Waals surface area contributed by atoms with E-state index in [4.69, 9.17) is 28.2 Å². The van der Waals surface area contributed by atoms with Crippen LogP contribution in [0.1, 0.15) is 35.6 Å². The first-order chi connectivity index (χ1) is 16.0. The molecule has 0 aliphatic heterocycles. The highest BCUT2D eigenvalue weighted by atomic mass is 35.5. The Morgan fingerprint density at radius 3 is 2.47 bits per heavy atom. The molecule has 5 nitrogen and oxygen atoms in total. The zero-order valence-electron chi connectivity index (χ0n) is 18.7. The molecule has 2 aromatic carbocycles. The molecule has 2 aromatic heterocycles. The van der Waals surface area contributed by atoms with Crippen LogP contribution in [0.4, 0.5) is 4.39 Å². The van der Waals surface area contributed by atoms with Crippen LogP contribution >= 0.6 is 46.3 Å². The normalized spacial score (nSPS) is 11.4. The van der Waals surface area contributed by atoms with Gasteiger partial charge >= 0.3 is 5.97 Å². The molecule has 0 aliphatic rings. The molecule has 0 atom stereocenters. The van der Waals surface area contributed by atoms with Gasteiger partial charge < -0.3 is 5.11 Å². The van der Waals surface area contributed by atoms with Crippen molar-refractivity contribution in [2.45, 2.75) is 37.2 Å². The number of carboxylic acid groups (broad SMARTS) is 1. The number of halogens is 3. The summed E-state index contributed by atoms with van der Waals surface area (Å²) in [6.07, 6.45) is 0. The molecule has 0 spiro atoms. The number of hydrogen-bond donors (Lipinski definition) is 1. The number of thiazole rings is 1. The minimum atomic E-state index is -1.18. The predicted octanol–water partition coefficient (Wildman–Crippen LogP) is 7.92. The molecule has 0 amide bonds. The maximum Gasteiger partial charge on any atom is 0.355 e. The smallest absolute Gasteiger partial charge is 0.355 e. The number of hydrogen-bond acceptors (Lipinski definition) is 5. The van der Waals surface area contributed by atoms with Gasteiger partial charge in [0.2, 0.25) is 5.13 Å². The number of carboxylic acids is 1. The molecule has 1 N–H and O–H groups in total. The number of aromatic carboxylic acids is 1. The third-order valence-corrected chi connectivity index (χ3v) is 7.88. The molecule has 176 valence electrons. The maximum absolute atomic E-state index is 14.1. The first-order valence-electron chi connectivity index (χ1n) is 10.3. The van der Waals surface area contributed by atoms with Crippen LogP contribution in [0, 0.1) is 19.7 Å². The van der Waals surface area contributed by atoms with Crippen LogP contribution in [0.15, 0.2) is 40.6 Å². The lowest BCUT2D eigenvalue weighted by atomic mass is 10.0. The molecule has 34 heavy (non-hydrogen) atoms. The second kappa shape index (κ2) is 9.70. The highest BCUT2D eigenvalue weighted by Crippen LogP contribution is 2.42. The second-order valence-electron chi connectivity index (χ2n) is 7.97. The van der Waals surface area contributed by atoms with Crippen LogP contribution < -0.4 is 0 Å². The molecular formula is C24H20Cl2FN3O2S2. The van der Waals surface area contributed by atoms with E-state index in [0.717, 1.165) is 9.77 Å². The van der Waals surface area contributed by atoms with Crippen LogP contribution in [0.25, 0.3) is 27.5 Å². The van der Waals surface area contributed by atoms with Crippen molar-refractivity contribution in [2.75, 3.05) is 0 Å². The van der Waals surface area contributed by atoms with Gasteiger partial charge in [-0.05, 0) is 49.2 Å². The van der Waals surface area contributed by atoms with Gasteiger partial charge in [0.15, 0.2) is 5.69 Å². The fraction of sp³-hybridized carbons (Fsp3) is 0.208. The van der Waals surface area contributed by atoms with Gasteiger partial charge in [-0.3, -0.25) is 0 Å². The first-order valence-corrected chi connectivity index (χ1v) is 12.7. The molecule has 2 heterocycles. The van der Waals surface area contributed by atoms with E-state index in [-0.39, 0.29) is 10.9 Å². The molecular weight excluding hydrogens is 516 g/mol. The molecule has 0 radical (unpaired) electrons. The van der Waals surface area contributed by atoms with Crippen molar-refractivity contribution >= 4 is 52.3 Å². The summed E-state index contributed by atoms with van der Waals surface area (Å²) in [5.74, 6) is -1.62. The topological polar surface area (TPSA) is 68.0 Å². The summed E-state index contributed by atoms with van der Waals surface area (Å²) in [6, 6.07) is 9.71. The fourth-order valence-electron chi connectivity index (χ4n) is 3.60. The molecule has 0 unspecified atom stereocenters. The monoisotopic (exact) mass is 535 g/mol. The number of rotatable bonds is 6. The van der Waals surface area contributed by atoms with Crippen LogP contribution in [-0.4, -0.2) is 31.1 Å². The van der Waals surface area contributed by atoms with E-state index in [1.165, 1.54) is 28.2 Å². The van der Waals surface area contributed by atoms with Crippen LogP contribution in [0.5, 0.6) is 0 Å². The summed E-state index contributed by atoms with van der Waals surface area (Å²) >= 11 is 15.3. The standard InChI is InChI=1S/C24H20Cl2FN3O2S2/c1-11(2)33-23-20(14-5-6-17(25)18(26)10-14)28-24(34-23)30-21(22(31)32)19(13(4)29-30)15-7-12(3)8-16(27)9-15/h5-11H,1-4H3,(H,31,32). The van der Waals surface area contributed by atoms with Crippen molar-refractivity contribution in [3.63, 3.8) is 0 Å². The molecule has 0 saturated carbocycles. The molecule has 0 aliphatic carbocycles. The van der Waals surface area contributed by atoms with Gasteiger partial charge in [-0.2, -0.15) is 9.78 Å². The lowest BCUT2D eigenvalue weighted by Crippen LogP contribution is -2.09. The molecule has 0 saturated heterocycles. The Hall–Kier alpha value is -2.39. The molecule has 0 fully saturated rings. The third-order valence-electron chi connectivity index (χ3n) is 4.90. The van der Waals surface area contributed by atoms with Crippen molar-refractivity contribution in [1.82, 2.24) is 14.8 Å². The van der Waals surface area contributed by atoms with Crippen molar-refractivity contribution in [1.29, 1.82) is 0 Å². The van der Waals surface area contributed by atoms with Crippen LogP contribution in [0.2, 0.25) is 10.0 Å². The molecule has 0 bridgehead atoms. The molecule has 4 rings (SSSR count). The minimum Gasteiger partial charge on any atom is -0.476 e. The van der Waals surface area contributed by atoms with Gasteiger partial charge in [-0.1, -0.05) is 60.5 Å². The number of carbonyl (C=O) groups is 1. The largest absolute Gasteiger partial charge is 0.476 e. The van der Waals surface area contributed by atoms with E-state index >= 15 is 0 Å². The van der Waals surface area contributed by atoms with E-state index in [2.05, 4.69) is 18.9 Å². The van der Waals surface area contributed by atoms with E-state index in [0.29, 0.717) is 43.3 Å². The van der Waals surface area contributed by atoms with E-state index in [1.54, 1.807) is 43.8 Å². The van der Waals surface area contributed by atoms with E-state index in [1.807, 2.05) is 6.07 Å². The van der Waals surface area contributed by atoms with E-state index in [9.17, 15) is 14.3 Å². The van der Waals surface area contributed by atoms with Gasteiger partial charge in [0, 0.05) is 16.4 Å².